The van der Waals surface area contributed by atoms with Crippen molar-refractivity contribution < 1.29 is 22.8 Å². The molecule has 1 unspecified atom stereocenters. The van der Waals surface area contributed by atoms with Crippen LogP contribution < -0.4 is 4.90 Å². The molecule has 0 saturated heterocycles. The second-order valence-electron chi connectivity index (χ2n) is 6.27. The van der Waals surface area contributed by atoms with Crippen molar-refractivity contribution in [3.05, 3.63) is 53.2 Å². The van der Waals surface area contributed by atoms with Crippen LogP contribution in [-0.4, -0.2) is 28.5 Å². The number of anilines is 1. The van der Waals surface area contributed by atoms with Gasteiger partial charge < -0.3 is 4.90 Å². The van der Waals surface area contributed by atoms with Gasteiger partial charge in [0.05, 0.1) is 15.8 Å². The van der Waals surface area contributed by atoms with Gasteiger partial charge in [-0.15, -0.1) is 0 Å². The molecule has 1 aliphatic heterocycles. The number of hydrogen-bond donors (Lipinski definition) is 0. The largest absolute Gasteiger partial charge is 0.417 e. The summed E-state index contributed by atoms with van der Waals surface area (Å²) in [6, 6.07) is 7.46. The fourth-order valence-corrected chi connectivity index (χ4v) is 3.83. The van der Waals surface area contributed by atoms with E-state index in [0.717, 1.165) is 35.3 Å². The van der Waals surface area contributed by atoms with E-state index in [9.17, 15) is 22.8 Å². The SMILES string of the molecule is CC(=O)N1CCc2cc(C(=O)C(C)Sc3ccc(C(F)(F)F)cn3)ccc21. The average Bonchev–Trinajstić information content (AvgIpc) is 3.04. The van der Waals surface area contributed by atoms with Gasteiger partial charge in [0.1, 0.15) is 0 Å². The summed E-state index contributed by atoms with van der Waals surface area (Å²) in [6.07, 6.45) is -2.97. The Hall–Kier alpha value is -2.35. The fourth-order valence-electron chi connectivity index (χ4n) is 2.97. The summed E-state index contributed by atoms with van der Waals surface area (Å²) < 4.78 is 37.8. The molecule has 0 spiro atoms. The van der Waals surface area contributed by atoms with E-state index >= 15 is 0 Å². The van der Waals surface area contributed by atoms with Crippen LogP contribution in [0.4, 0.5) is 18.9 Å². The van der Waals surface area contributed by atoms with Gasteiger partial charge in [0, 0.05) is 30.9 Å². The van der Waals surface area contributed by atoms with E-state index in [1.807, 2.05) is 0 Å². The van der Waals surface area contributed by atoms with E-state index in [1.165, 1.54) is 13.0 Å². The maximum Gasteiger partial charge on any atom is 0.417 e. The molecule has 8 heteroatoms. The number of ketones is 1. The minimum absolute atomic E-state index is 0.0369. The Morgan fingerprint density at radius 2 is 1.96 bits per heavy atom. The minimum atomic E-state index is -4.43. The summed E-state index contributed by atoms with van der Waals surface area (Å²) in [5, 5.41) is -0.148. The van der Waals surface area contributed by atoms with Gasteiger partial charge in [-0.2, -0.15) is 13.2 Å². The van der Waals surface area contributed by atoms with Crippen LogP contribution in [0.25, 0.3) is 0 Å². The molecule has 4 nitrogen and oxygen atoms in total. The number of fused-ring (bicyclic) bond motifs is 1. The maximum absolute atomic E-state index is 12.7. The van der Waals surface area contributed by atoms with E-state index in [-0.39, 0.29) is 11.7 Å². The predicted molar refractivity (Wildman–Crippen MR) is 97.1 cm³/mol. The first-order valence-electron chi connectivity index (χ1n) is 8.32. The Morgan fingerprint density at radius 3 is 2.56 bits per heavy atom. The summed E-state index contributed by atoms with van der Waals surface area (Å²) in [5.41, 5.74) is 1.47. The number of thioether (sulfide) groups is 1. The number of carbonyl (C=O) groups is 2. The van der Waals surface area contributed by atoms with Gasteiger partial charge >= 0.3 is 6.18 Å². The maximum atomic E-state index is 12.7. The molecule has 2 aromatic rings. The first-order chi connectivity index (χ1) is 12.7. The quantitative estimate of drug-likeness (QED) is 0.571. The van der Waals surface area contributed by atoms with Crippen LogP contribution in [0.5, 0.6) is 0 Å². The van der Waals surface area contributed by atoms with Gasteiger partial charge in [-0.25, -0.2) is 4.98 Å². The molecule has 0 saturated carbocycles. The van der Waals surface area contributed by atoms with Crippen LogP contribution in [0.3, 0.4) is 0 Å². The summed E-state index contributed by atoms with van der Waals surface area (Å²) in [4.78, 5) is 29.8. The smallest absolute Gasteiger partial charge is 0.312 e. The van der Waals surface area contributed by atoms with Crippen molar-refractivity contribution in [1.29, 1.82) is 0 Å². The third-order valence-electron chi connectivity index (χ3n) is 4.37. The van der Waals surface area contributed by atoms with Crippen LogP contribution in [0.15, 0.2) is 41.6 Å². The number of aromatic nitrogens is 1. The highest BCUT2D eigenvalue weighted by Gasteiger charge is 2.31. The van der Waals surface area contributed by atoms with Crippen LogP contribution in [-0.2, 0) is 17.4 Å². The summed E-state index contributed by atoms with van der Waals surface area (Å²) >= 11 is 1.11. The highest BCUT2D eigenvalue weighted by Crippen LogP contribution is 2.32. The molecule has 0 radical (unpaired) electrons. The van der Waals surface area contributed by atoms with Crippen molar-refractivity contribution in [2.45, 2.75) is 36.7 Å². The molecule has 2 heterocycles. The number of nitrogens with zero attached hydrogens (tertiary/aromatic N) is 2. The molecule has 1 aromatic carbocycles. The Labute approximate surface area is 158 Å². The third-order valence-corrected chi connectivity index (χ3v) is 5.42. The molecule has 0 fully saturated rings. The summed E-state index contributed by atoms with van der Waals surface area (Å²) in [7, 11) is 0. The summed E-state index contributed by atoms with van der Waals surface area (Å²) in [5.74, 6) is -0.170. The average molecular weight is 394 g/mol. The molecule has 1 amide bonds. The number of hydrogen-bond acceptors (Lipinski definition) is 4. The number of carbonyl (C=O) groups excluding carboxylic acids is 2. The molecule has 0 aliphatic carbocycles. The third kappa shape index (κ3) is 4.16. The van der Waals surface area contributed by atoms with E-state index in [2.05, 4.69) is 4.98 Å². The first-order valence-corrected chi connectivity index (χ1v) is 9.20. The Kier molecular flexibility index (Phi) is 5.28. The zero-order chi connectivity index (χ0) is 19.8. The lowest BCUT2D eigenvalue weighted by Gasteiger charge is -2.15. The van der Waals surface area contributed by atoms with Crippen LogP contribution in [0.1, 0.15) is 35.3 Å². The molecular formula is C19H17F3N2O2S. The minimum Gasteiger partial charge on any atom is -0.312 e. The molecule has 3 rings (SSSR count). The van der Waals surface area contributed by atoms with Gasteiger partial charge in [-0.05, 0) is 49.2 Å². The van der Waals surface area contributed by atoms with Gasteiger partial charge in [0.15, 0.2) is 5.78 Å². The Morgan fingerprint density at radius 1 is 1.22 bits per heavy atom. The number of pyridine rings is 1. The molecule has 0 N–H and O–H groups in total. The monoisotopic (exact) mass is 394 g/mol. The van der Waals surface area contributed by atoms with Crippen molar-refractivity contribution in [2.24, 2.45) is 0 Å². The highest BCUT2D eigenvalue weighted by molar-refractivity contribution is 8.00. The lowest BCUT2D eigenvalue weighted by Crippen LogP contribution is -2.25. The van der Waals surface area contributed by atoms with E-state index in [1.54, 1.807) is 30.0 Å². The predicted octanol–water partition coefficient (Wildman–Crippen LogP) is 4.37. The van der Waals surface area contributed by atoms with Crippen LogP contribution in [0.2, 0.25) is 0 Å². The molecular weight excluding hydrogens is 377 g/mol. The highest BCUT2D eigenvalue weighted by atomic mass is 32.2. The second kappa shape index (κ2) is 7.34. The number of halogens is 3. The second-order valence-corrected chi connectivity index (χ2v) is 7.63. The van der Waals surface area contributed by atoms with Crippen LogP contribution >= 0.6 is 11.8 Å². The molecule has 142 valence electrons. The number of rotatable bonds is 4. The number of benzene rings is 1. The van der Waals surface area contributed by atoms with Crippen LogP contribution in [0, 0.1) is 0 Å². The standard InChI is InChI=1S/C19H17F3N2O2S/c1-11(27-17-6-4-15(10-23-17)19(20,21)22)18(26)14-3-5-16-13(9-14)7-8-24(16)12(2)25/h3-6,9-11H,7-8H2,1-2H3. The number of alkyl halides is 3. The van der Waals surface area contributed by atoms with E-state index < -0.39 is 17.0 Å². The lowest BCUT2D eigenvalue weighted by atomic mass is 10.0. The van der Waals surface area contributed by atoms with Crippen molar-refractivity contribution in [3.63, 3.8) is 0 Å². The lowest BCUT2D eigenvalue weighted by molar-refractivity contribution is -0.137. The van der Waals surface area contributed by atoms with Crippen molar-refractivity contribution in [1.82, 2.24) is 4.98 Å². The Bertz CT molecular complexity index is 882. The van der Waals surface area contributed by atoms with Crippen molar-refractivity contribution in [2.75, 3.05) is 11.4 Å². The van der Waals surface area contributed by atoms with E-state index in [4.69, 9.17) is 0 Å². The van der Waals surface area contributed by atoms with Crippen molar-refractivity contribution >= 4 is 29.1 Å². The molecule has 0 bridgehead atoms. The summed E-state index contributed by atoms with van der Waals surface area (Å²) in [6.45, 7) is 3.80. The number of amides is 1. The van der Waals surface area contributed by atoms with Gasteiger partial charge in [0.2, 0.25) is 5.91 Å². The van der Waals surface area contributed by atoms with Gasteiger partial charge in [0.25, 0.3) is 0 Å². The zero-order valence-corrected chi connectivity index (χ0v) is 15.5. The first kappa shape index (κ1) is 19.4. The van der Waals surface area contributed by atoms with Crippen molar-refractivity contribution in [3.8, 4) is 0 Å². The Balaban J connectivity index is 1.72. The van der Waals surface area contributed by atoms with Gasteiger partial charge in [-0.1, -0.05) is 11.8 Å². The fraction of sp³-hybridized carbons (Fsp3) is 0.316. The normalized spacial score (nSPS) is 14.8. The molecule has 1 atom stereocenters. The number of Topliss-reactive ketones (excluding diaryl/α,β-unsaturated/α-hetero) is 1. The van der Waals surface area contributed by atoms with Gasteiger partial charge in [-0.3, -0.25) is 9.59 Å². The topological polar surface area (TPSA) is 50.3 Å². The molecule has 1 aromatic heterocycles. The molecule has 1 aliphatic rings. The zero-order valence-electron chi connectivity index (χ0n) is 14.7. The van der Waals surface area contributed by atoms with E-state index in [0.29, 0.717) is 23.6 Å². The molecule has 27 heavy (non-hydrogen) atoms.